The minimum Gasteiger partial charge on any atom is -0.502 e. The Morgan fingerprint density at radius 2 is 1.90 bits per heavy atom. The Morgan fingerprint density at radius 3 is 2.43 bits per heavy atom. The van der Waals surface area contributed by atoms with Crippen molar-refractivity contribution >= 4 is 28.7 Å². The number of aromatic nitrogens is 3. The van der Waals surface area contributed by atoms with Crippen molar-refractivity contribution < 1.29 is 14.8 Å². The topological polar surface area (TPSA) is 138 Å². The van der Waals surface area contributed by atoms with Crippen LogP contribution in [0.15, 0.2) is 24.4 Å². The fourth-order valence-electron chi connectivity index (χ4n) is 3.06. The van der Waals surface area contributed by atoms with Gasteiger partial charge in [0.25, 0.3) is 5.91 Å². The van der Waals surface area contributed by atoms with Crippen LogP contribution < -0.4 is 10.6 Å². The number of benzene rings is 1. The summed E-state index contributed by atoms with van der Waals surface area (Å²) >= 11 is 0. The number of phenolic OH excluding ortho intramolecular Hbond substituents is 1. The zero-order chi connectivity index (χ0) is 22.4. The van der Waals surface area contributed by atoms with Crippen molar-refractivity contribution in [3.63, 3.8) is 0 Å². The standard InChI is InChI=1S/C20H26N6O4/c1-19(2,3)15-17(24-20(4,5)6)25-16(23-15)12(10-21-25)18(28)22-11-7-8-13(26(29)30)14(27)9-11/h7-10,23-24,27H,1-6H3,(H,22,28). The molecule has 30 heavy (non-hydrogen) atoms. The van der Waals surface area contributed by atoms with Crippen molar-refractivity contribution in [1.82, 2.24) is 14.6 Å². The van der Waals surface area contributed by atoms with Crippen molar-refractivity contribution in [3.8, 4) is 5.75 Å². The monoisotopic (exact) mass is 414 g/mol. The number of imidazole rings is 1. The van der Waals surface area contributed by atoms with Crippen LogP contribution >= 0.6 is 0 Å². The van der Waals surface area contributed by atoms with Gasteiger partial charge in [-0.15, -0.1) is 0 Å². The van der Waals surface area contributed by atoms with Crippen molar-refractivity contribution in [1.29, 1.82) is 0 Å². The number of hydrogen-bond acceptors (Lipinski definition) is 6. The predicted octanol–water partition coefficient (Wildman–Crippen LogP) is 4.04. The highest BCUT2D eigenvalue weighted by atomic mass is 16.6. The molecule has 4 N–H and O–H groups in total. The van der Waals surface area contributed by atoms with E-state index in [0.29, 0.717) is 11.2 Å². The van der Waals surface area contributed by atoms with Gasteiger partial charge in [0.2, 0.25) is 0 Å². The molecular weight excluding hydrogens is 388 g/mol. The Labute approximate surface area is 173 Å². The van der Waals surface area contributed by atoms with E-state index in [4.69, 9.17) is 0 Å². The van der Waals surface area contributed by atoms with Crippen LogP contribution in [0.25, 0.3) is 5.65 Å². The lowest BCUT2D eigenvalue weighted by molar-refractivity contribution is -0.385. The van der Waals surface area contributed by atoms with E-state index in [9.17, 15) is 20.0 Å². The maximum Gasteiger partial charge on any atom is 0.310 e. The summed E-state index contributed by atoms with van der Waals surface area (Å²) in [6.45, 7) is 12.3. The smallest absolute Gasteiger partial charge is 0.310 e. The Hall–Kier alpha value is -3.56. The van der Waals surface area contributed by atoms with E-state index in [-0.39, 0.29) is 16.6 Å². The summed E-state index contributed by atoms with van der Waals surface area (Å²) in [5, 5.41) is 31.1. The van der Waals surface area contributed by atoms with E-state index in [1.165, 1.54) is 12.3 Å². The molecule has 10 heteroatoms. The molecule has 0 aliphatic heterocycles. The molecule has 1 aromatic carbocycles. The molecule has 0 saturated heterocycles. The quantitative estimate of drug-likeness (QED) is 0.375. The van der Waals surface area contributed by atoms with Gasteiger partial charge >= 0.3 is 5.69 Å². The van der Waals surface area contributed by atoms with Crippen LogP contribution in [0, 0.1) is 10.1 Å². The lowest BCUT2D eigenvalue weighted by Gasteiger charge is -2.25. The Balaban J connectivity index is 1.99. The number of phenols is 1. The highest BCUT2D eigenvalue weighted by Crippen LogP contribution is 2.33. The molecule has 0 aliphatic rings. The van der Waals surface area contributed by atoms with E-state index in [1.807, 2.05) is 20.8 Å². The zero-order valence-corrected chi connectivity index (χ0v) is 17.8. The van der Waals surface area contributed by atoms with Crippen LogP contribution in [0.4, 0.5) is 17.2 Å². The average molecular weight is 414 g/mol. The number of carbonyl (C=O) groups is 1. The zero-order valence-electron chi connectivity index (χ0n) is 17.8. The van der Waals surface area contributed by atoms with Crippen LogP contribution in [0.2, 0.25) is 0 Å². The third-order valence-electron chi connectivity index (χ3n) is 4.38. The van der Waals surface area contributed by atoms with Gasteiger partial charge in [0.05, 0.1) is 16.8 Å². The number of fused-ring (bicyclic) bond motifs is 1. The van der Waals surface area contributed by atoms with Crippen molar-refractivity contribution in [3.05, 3.63) is 45.8 Å². The average Bonchev–Trinajstić information content (AvgIpc) is 3.13. The third kappa shape index (κ3) is 4.07. The number of amides is 1. The molecule has 0 fully saturated rings. The normalized spacial score (nSPS) is 12.2. The van der Waals surface area contributed by atoms with Gasteiger partial charge in [0.15, 0.2) is 5.75 Å². The number of nitro benzene ring substituents is 1. The molecule has 0 aliphatic carbocycles. The fourth-order valence-corrected chi connectivity index (χ4v) is 3.06. The van der Waals surface area contributed by atoms with Crippen LogP contribution in [0.1, 0.15) is 57.6 Å². The van der Waals surface area contributed by atoms with Crippen LogP contribution in [-0.2, 0) is 5.41 Å². The number of H-pyrrole nitrogens is 1. The SMILES string of the molecule is CC(C)(C)Nc1c(C(C)(C)C)[nH]c2c(C(=O)Nc3ccc([N+](=O)[O-])c(O)c3)cnn12. The van der Waals surface area contributed by atoms with Crippen LogP contribution in [0.3, 0.4) is 0 Å². The first-order valence-electron chi connectivity index (χ1n) is 9.45. The second-order valence-corrected chi connectivity index (χ2v) is 9.21. The summed E-state index contributed by atoms with van der Waals surface area (Å²) in [5.41, 5.74) is 1.08. The number of nitro groups is 1. The lowest BCUT2D eigenvalue weighted by atomic mass is 9.91. The molecule has 0 saturated carbocycles. The summed E-state index contributed by atoms with van der Waals surface area (Å²) < 4.78 is 1.66. The molecule has 0 unspecified atom stereocenters. The minimum atomic E-state index is -0.696. The van der Waals surface area contributed by atoms with Gasteiger partial charge in [-0.2, -0.15) is 9.61 Å². The molecule has 0 spiro atoms. The number of aromatic amines is 1. The van der Waals surface area contributed by atoms with E-state index < -0.39 is 22.3 Å². The maximum absolute atomic E-state index is 12.9. The minimum absolute atomic E-state index is 0.222. The fraction of sp³-hybridized carbons (Fsp3) is 0.400. The van der Waals surface area contributed by atoms with Gasteiger partial charge in [-0.3, -0.25) is 14.9 Å². The van der Waals surface area contributed by atoms with Gasteiger partial charge in [0, 0.05) is 28.8 Å². The largest absolute Gasteiger partial charge is 0.502 e. The number of nitrogens with one attached hydrogen (secondary N) is 3. The highest BCUT2D eigenvalue weighted by molar-refractivity contribution is 6.08. The van der Waals surface area contributed by atoms with Crippen molar-refractivity contribution in [2.75, 3.05) is 10.6 Å². The molecule has 0 bridgehead atoms. The molecule has 0 radical (unpaired) electrons. The first kappa shape index (κ1) is 21.2. The Kier molecular flexibility index (Phi) is 4.97. The number of hydrogen-bond donors (Lipinski definition) is 4. The van der Waals surface area contributed by atoms with Gasteiger partial charge < -0.3 is 20.7 Å². The summed E-state index contributed by atoms with van der Waals surface area (Å²) in [6.07, 6.45) is 1.45. The summed E-state index contributed by atoms with van der Waals surface area (Å²) in [4.78, 5) is 26.3. The highest BCUT2D eigenvalue weighted by Gasteiger charge is 2.28. The third-order valence-corrected chi connectivity index (χ3v) is 4.38. The molecule has 0 atom stereocenters. The molecule has 3 aromatic rings. The molecule has 10 nitrogen and oxygen atoms in total. The number of anilines is 2. The molecule has 1 amide bonds. The summed E-state index contributed by atoms with van der Waals surface area (Å²) in [6, 6.07) is 3.63. The van der Waals surface area contributed by atoms with Crippen molar-refractivity contribution in [2.24, 2.45) is 0 Å². The molecular formula is C20H26N6O4. The van der Waals surface area contributed by atoms with E-state index >= 15 is 0 Å². The lowest BCUT2D eigenvalue weighted by Crippen LogP contribution is -2.29. The molecule has 2 aromatic heterocycles. The predicted molar refractivity (Wildman–Crippen MR) is 114 cm³/mol. The van der Waals surface area contributed by atoms with E-state index in [1.54, 1.807) is 4.52 Å². The van der Waals surface area contributed by atoms with Crippen LogP contribution in [-0.4, -0.2) is 36.1 Å². The molecule has 2 heterocycles. The maximum atomic E-state index is 12.9. The first-order chi connectivity index (χ1) is 13.8. The van der Waals surface area contributed by atoms with E-state index in [0.717, 1.165) is 23.6 Å². The van der Waals surface area contributed by atoms with Gasteiger partial charge in [0.1, 0.15) is 17.0 Å². The number of aromatic hydroxyl groups is 1. The van der Waals surface area contributed by atoms with Crippen LogP contribution in [0.5, 0.6) is 5.75 Å². The summed E-state index contributed by atoms with van der Waals surface area (Å²) in [5.74, 6) is -0.205. The Bertz CT molecular complexity index is 1130. The summed E-state index contributed by atoms with van der Waals surface area (Å²) in [7, 11) is 0. The van der Waals surface area contributed by atoms with Gasteiger partial charge in [-0.05, 0) is 26.8 Å². The second kappa shape index (κ2) is 7.05. The number of nitrogens with zero attached hydrogens (tertiary/aromatic N) is 3. The first-order valence-corrected chi connectivity index (χ1v) is 9.45. The number of carbonyl (C=O) groups excluding carboxylic acids is 1. The Morgan fingerprint density at radius 1 is 1.23 bits per heavy atom. The van der Waals surface area contributed by atoms with E-state index in [2.05, 4.69) is 41.5 Å². The molecule has 3 rings (SSSR count). The van der Waals surface area contributed by atoms with Gasteiger partial charge in [-0.1, -0.05) is 20.8 Å². The second-order valence-electron chi connectivity index (χ2n) is 9.21. The van der Waals surface area contributed by atoms with Gasteiger partial charge in [-0.25, -0.2) is 0 Å². The van der Waals surface area contributed by atoms with Crippen molar-refractivity contribution in [2.45, 2.75) is 52.5 Å². The molecule has 160 valence electrons. The number of rotatable bonds is 4.